The van der Waals surface area contributed by atoms with Gasteiger partial charge in [0.15, 0.2) is 5.96 Å². The summed E-state index contributed by atoms with van der Waals surface area (Å²) in [5.41, 5.74) is 0.958. The molecule has 0 heterocycles. The van der Waals surface area contributed by atoms with Gasteiger partial charge in [-0.25, -0.2) is 18.1 Å². The zero-order valence-corrected chi connectivity index (χ0v) is 18.5. The van der Waals surface area contributed by atoms with E-state index in [4.69, 9.17) is 4.74 Å². The lowest BCUT2D eigenvalue weighted by molar-refractivity contribution is 0.195. The minimum absolute atomic E-state index is 0. The Bertz CT molecular complexity index is 661. The fourth-order valence-corrected chi connectivity index (χ4v) is 3.50. The molecule has 1 aliphatic carbocycles. The van der Waals surface area contributed by atoms with Crippen molar-refractivity contribution < 1.29 is 13.2 Å². The number of rotatable bonds is 10. The summed E-state index contributed by atoms with van der Waals surface area (Å²) in [6.45, 7) is 4.76. The lowest BCUT2D eigenvalue weighted by Crippen LogP contribution is -2.38. The number of halogens is 1. The number of benzene rings is 1. The number of hydrogen-bond donors (Lipinski definition) is 3. The summed E-state index contributed by atoms with van der Waals surface area (Å²) < 4.78 is 32.0. The van der Waals surface area contributed by atoms with Crippen LogP contribution in [0.4, 0.5) is 0 Å². The molecule has 0 spiro atoms. The van der Waals surface area contributed by atoms with Crippen molar-refractivity contribution in [1.82, 2.24) is 15.4 Å². The van der Waals surface area contributed by atoms with Gasteiger partial charge in [-0.3, -0.25) is 0 Å². The Balaban J connectivity index is 0.00000338. The number of guanidine groups is 1. The van der Waals surface area contributed by atoms with Crippen LogP contribution in [0.2, 0.25) is 0 Å². The van der Waals surface area contributed by atoms with E-state index in [-0.39, 0.29) is 30.0 Å². The predicted molar refractivity (Wildman–Crippen MR) is 115 cm³/mol. The van der Waals surface area contributed by atoms with Crippen molar-refractivity contribution >= 4 is 40.0 Å². The van der Waals surface area contributed by atoms with Crippen molar-refractivity contribution in [3.8, 4) is 0 Å². The van der Waals surface area contributed by atoms with Gasteiger partial charge in [0.1, 0.15) is 0 Å². The normalized spacial score (nSPS) is 14.6. The summed E-state index contributed by atoms with van der Waals surface area (Å²) >= 11 is 0. The van der Waals surface area contributed by atoms with Gasteiger partial charge in [-0.15, -0.1) is 24.0 Å². The molecule has 0 saturated heterocycles. The molecule has 0 radical (unpaired) electrons. The predicted octanol–water partition coefficient (Wildman–Crippen LogP) is 1.84. The van der Waals surface area contributed by atoms with Crippen LogP contribution in [0.1, 0.15) is 31.7 Å². The molecule has 0 amide bonds. The monoisotopic (exact) mass is 496 g/mol. The topological polar surface area (TPSA) is 91.8 Å². The Kier molecular flexibility index (Phi) is 10.4. The Morgan fingerprint density at radius 1 is 1.23 bits per heavy atom. The highest BCUT2D eigenvalue weighted by atomic mass is 127. The maximum atomic E-state index is 12.1. The highest BCUT2D eigenvalue weighted by Gasteiger charge is 2.27. The highest BCUT2D eigenvalue weighted by Crippen LogP contribution is 2.22. The Hall–Kier alpha value is -0.910. The van der Waals surface area contributed by atoms with Crippen LogP contribution in [0.5, 0.6) is 0 Å². The molecule has 1 aliphatic rings. The van der Waals surface area contributed by atoms with Gasteiger partial charge in [-0.05, 0) is 43.9 Å². The van der Waals surface area contributed by atoms with Gasteiger partial charge in [0, 0.05) is 32.8 Å². The molecule has 1 aromatic rings. The van der Waals surface area contributed by atoms with E-state index in [0.29, 0.717) is 18.0 Å². The van der Waals surface area contributed by atoms with E-state index in [1.165, 1.54) is 0 Å². The molecule has 3 N–H and O–H groups in total. The number of methoxy groups -OCH3 is 1. The lowest BCUT2D eigenvalue weighted by atomic mass is 10.2. The van der Waals surface area contributed by atoms with E-state index in [1.54, 1.807) is 31.4 Å². The molecule has 26 heavy (non-hydrogen) atoms. The first-order valence-corrected chi connectivity index (χ1v) is 10.2. The molecule has 0 aliphatic heterocycles. The van der Waals surface area contributed by atoms with E-state index >= 15 is 0 Å². The van der Waals surface area contributed by atoms with Gasteiger partial charge in [-0.1, -0.05) is 12.1 Å². The number of nitrogens with one attached hydrogen (secondary N) is 3. The summed E-state index contributed by atoms with van der Waals surface area (Å²) in [6.07, 6.45) is 2.76. The molecular weight excluding hydrogens is 467 g/mol. The fraction of sp³-hybridized carbons (Fsp3) is 0.588. The zero-order valence-electron chi connectivity index (χ0n) is 15.3. The molecular formula is C17H29IN4O3S. The average molecular weight is 496 g/mol. The summed E-state index contributed by atoms with van der Waals surface area (Å²) in [5, 5.41) is 6.43. The smallest absolute Gasteiger partial charge is 0.240 e. The molecule has 7 nitrogen and oxygen atoms in total. The second-order valence-electron chi connectivity index (χ2n) is 6.01. The van der Waals surface area contributed by atoms with Gasteiger partial charge < -0.3 is 15.4 Å². The summed E-state index contributed by atoms with van der Waals surface area (Å²) in [4.78, 5) is 4.82. The first-order chi connectivity index (χ1) is 12.0. The number of aliphatic imine (C=N–C) groups is 1. The van der Waals surface area contributed by atoms with Crippen LogP contribution in [0.25, 0.3) is 0 Å². The van der Waals surface area contributed by atoms with Crippen molar-refractivity contribution in [2.24, 2.45) is 4.99 Å². The second kappa shape index (κ2) is 11.7. The number of sulfonamides is 1. The van der Waals surface area contributed by atoms with E-state index in [2.05, 4.69) is 20.3 Å². The highest BCUT2D eigenvalue weighted by molar-refractivity contribution is 14.0. The quantitative estimate of drug-likeness (QED) is 0.199. The van der Waals surface area contributed by atoms with Crippen molar-refractivity contribution in [2.45, 2.75) is 43.7 Å². The molecule has 2 rings (SSSR count). The Labute approximate surface area is 173 Å². The van der Waals surface area contributed by atoms with Crippen molar-refractivity contribution in [1.29, 1.82) is 0 Å². The Morgan fingerprint density at radius 2 is 1.92 bits per heavy atom. The molecule has 1 saturated carbocycles. The SMILES string of the molecule is CCNC(=NCc1ccc(S(=O)(=O)NC2CC2)cc1)NCCCOC.I. The molecule has 0 unspecified atom stereocenters. The molecule has 0 bridgehead atoms. The molecule has 1 aromatic carbocycles. The van der Waals surface area contributed by atoms with E-state index in [0.717, 1.165) is 43.9 Å². The van der Waals surface area contributed by atoms with Crippen LogP contribution in [-0.4, -0.2) is 47.2 Å². The van der Waals surface area contributed by atoms with Crippen molar-refractivity contribution in [3.63, 3.8) is 0 Å². The number of nitrogens with zero attached hydrogens (tertiary/aromatic N) is 1. The molecule has 1 fully saturated rings. The van der Waals surface area contributed by atoms with Gasteiger partial charge in [0.25, 0.3) is 0 Å². The first kappa shape index (κ1) is 23.1. The minimum Gasteiger partial charge on any atom is -0.385 e. The third-order valence-corrected chi connectivity index (χ3v) is 5.25. The fourth-order valence-electron chi connectivity index (χ4n) is 2.20. The third-order valence-electron chi connectivity index (χ3n) is 3.71. The van der Waals surface area contributed by atoms with Gasteiger partial charge >= 0.3 is 0 Å². The molecule has 9 heteroatoms. The van der Waals surface area contributed by atoms with Crippen molar-refractivity contribution in [2.75, 3.05) is 26.8 Å². The largest absolute Gasteiger partial charge is 0.385 e. The summed E-state index contributed by atoms with van der Waals surface area (Å²) in [6, 6.07) is 6.99. The van der Waals surface area contributed by atoms with E-state index in [9.17, 15) is 8.42 Å². The lowest BCUT2D eigenvalue weighted by Gasteiger charge is -2.11. The van der Waals surface area contributed by atoms with Crippen LogP contribution < -0.4 is 15.4 Å². The summed E-state index contributed by atoms with van der Waals surface area (Å²) in [5.74, 6) is 0.741. The second-order valence-corrected chi connectivity index (χ2v) is 7.72. The number of ether oxygens (including phenoxy) is 1. The maximum Gasteiger partial charge on any atom is 0.240 e. The van der Waals surface area contributed by atoms with Crippen LogP contribution >= 0.6 is 24.0 Å². The molecule has 0 aromatic heterocycles. The standard InChI is InChI=1S/C17H28N4O3S.HI/c1-3-18-17(19-11-4-12-24-2)20-13-14-5-9-16(10-6-14)25(22,23)21-15-7-8-15;/h5-6,9-10,15,21H,3-4,7-8,11-13H2,1-2H3,(H2,18,19,20);1H. The summed E-state index contributed by atoms with van der Waals surface area (Å²) in [7, 11) is -1.71. The minimum atomic E-state index is -3.39. The zero-order chi connectivity index (χ0) is 18.1. The maximum absolute atomic E-state index is 12.1. The van der Waals surface area contributed by atoms with E-state index < -0.39 is 10.0 Å². The first-order valence-electron chi connectivity index (χ1n) is 8.67. The van der Waals surface area contributed by atoms with Gasteiger partial charge in [-0.2, -0.15) is 0 Å². The van der Waals surface area contributed by atoms with Crippen LogP contribution in [0, 0.1) is 0 Å². The average Bonchev–Trinajstić information content (AvgIpc) is 3.40. The Morgan fingerprint density at radius 3 is 2.50 bits per heavy atom. The van der Waals surface area contributed by atoms with E-state index in [1.807, 2.05) is 6.92 Å². The third kappa shape index (κ3) is 8.19. The van der Waals surface area contributed by atoms with Crippen LogP contribution in [-0.2, 0) is 21.3 Å². The van der Waals surface area contributed by atoms with Crippen LogP contribution in [0.15, 0.2) is 34.2 Å². The van der Waals surface area contributed by atoms with Crippen LogP contribution in [0.3, 0.4) is 0 Å². The van der Waals surface area contributed by atoms with Gasteiger partial charge in [0.05, 0.1) is 11.4 Å². The van der Waals surface area contributed by atoms with Gasteiger partial charge in [0.2, 0.25) is 10.0 Å². The molecule has 148 valence electrons. The molecule has 0 atom stereocenters. The van der Waals surface area contributed by atoms with Crippen molar-refractivity contribution in [3.05, 3.63) is 29.8 Å². The number of hydrogen-bond acceptors (Lipinski definition) is 4.